The molecule has 1 aromatic heterocycles. The van der Waals surface area contributed by atoms with Crippen LogP contribution in [0.4, 0.5) is 0 Å². The van der Waals surface area contributed by atoms with Crippen LogP contribution >= 0.6 is 23.7 Å². The van der Waals surface area contributed by atoms with Crippen molar-refractivity contribution in [1.29, 1.82) is 0 Å². The molecule has 0 radical (unpaired) electrons. The van der Waals surface area contributed by atoms with Crippen molar-refractivity contribution in [3.8, 4) is 0 Å². The van der Waals surface area contributed by atoms with E-state index in [4.69, 9.17) is 5.73 Å². The van der Waals surface area contributed by atoms with Gasteiger partial charge in [-0.05, 0) is 43.2 Å². The zero-order valence-corrected chi connectivity index (χ0v) is 13.2. The highest BCUT2D eigenvalue weighted by Gasteiger charge is 2.20. The topological polar surface area (TPSA) is 55.1 Å². The molecule has 1 amide bonds. The summed E-state index contributed by atoms with van der Waals surface area (Å²) >= 11 is 1.65. The molecule has 1 unspecified atom stereocenters. The minimum atomic E-state index is 0. The van der Waals surface area contributed by atoms with E-state index >= 15 is 0 Å². The summed E-state index contributed by atoms with van der Waals surface area (Å²) in [7, 11) is 0. The van der Waals surface area contributed by atoms with E-state index in [1.54, 1.807) is 11.3 Å². The molecule has 5 heteroatoms. The van der Waals surface area contributed by atoms with E-state index in [0.717, 1.165) is 24.1 Å². The highest BCUT2D eigenvalue weighted by Crippen LogP contribution is 2.30. The van der Waals surface area contributed by atoms with E-state index in [9.17, 15) is 4.79 Å². The number of thiophene rings is 1. The van der Waals surface area contributed by atoms with E-state index < -0.39 is 0 Å². The third kappa shape index (κ3) is 4.20. The molecule has 108 valence electrons. The first-order valence-corrected chi connectivity index (χ1v) is 7.54. The summed E-state index contributed by atoms with van der Waals surface area (Å²) in [5.41, 5.74) is 7.08. The van der Waals surface area contributed by atoms with Crippen molar-refractivity contribution in [3.05, 3.63) is 21.4 Å². The van der Waals surface area contributed by atoms with Crippen LogP contribution in [0.25, 0.3) is 0 Å². The van der Waals surface area contributed by atoms with Gasteiger partial charge in [0.2, 0.25) is 0 Å². The molecule has 0 fully saturated rings. The van der Waals surface area contributed by atoms with Crippen LogP contribution in [0.5, 0.6) is 0 Å². The van der Waals surface area contributed by atoms with Crippen LogP contribution in [0.15, 0.2) is 6.07 Å². The molecule has 0 saturated heterocycles. The molecule has 1 aliphatic carbocycles. The zero-order valence-electron chi connectivity index (χ0n) is 11.6. The van der Waals surface area contributed by atoms with E-state index in [2.05, 4.69) is 25.2 Å². The standard InChI is InChI=1S/C14H22N2OS.ClH/c1-9(2)6-11(8-15)16-14(17)13-7-10-4-3-5-12(10)18-13;/h7,9,11H,3-6,8,15H2,1-2H3,(H,16,17);1H. The minimum absolute atomic E-state index is 0. The van der Waals surface area contributed by atoms with Crippen LogP contribution < -0.4 is 11.1 Å². The smallest absolute Gasteiger partial charge is 0.261 e. The van der Waals surface area contributed by atoms with Gasteiger partial charge in [0.25, 0.3) is 5.91 Å². The van der Waals surface area contributed by atoms with Crippen LogP contribution in [0.2, 0.25) is 0 Å². The maximum absolute atomic E-state index is 12.1. The summed E-state index contributed by atoms with van der Waals surface area (Å²) in [5, 5.41) is 3.05. The van der Waals surface area contributed by atoms with Gasteiger partial charge < -0.3 is 11.1 Å². The SMILES string of the molecule is CC(C)CC(CN)NC(=O)c1cc2c(s1)CCC2.Cl. The molecule has 1 aromatic rings. The number of hydrogen-bond donors (Lipinski definition) is 2. The summed E-state index contributed by atoms with van der Waals surface area (Å²) in [6.45, 7) is 4.80. The fourth-order valence-corrected chi connectivity index (χ4v) is 3.64. The van der Waals surface area contributed by atoms with Crippen LogP contribution in [0.1, 0.15) is 46.8 Å². The molecule has 0 bridgehead atoms. The van der Waals surface area contributed by atoms with Gasteiger partial charge in [0, 0.05) is 17.5 Å². The molecule has 19 heavy (non-hydrogen) atoms. The lowest BCUT2D eigenvalue weighted by molar-refractivity contribution is 0.0938. The van der Waals surface area contributed by atoms with Gasteiger partial charge in [-0.2, -0.15) is 0 Å². The molecular weight excluding hydrogens is 280 g/mol. The van der Waals surface area contributed by atoms with E-state index in [-0.39, 0.29) is 24.4 Å². The molecule has 0 aromatic carbocycles. The van der Waals surface area contributed by atoms with Crippen LogP contribution in [0, 0.1) is 5.92 Å². The maximum Gasteiger partial charge on any atom is 0.261 e. The predicted octanol–water partition coefficient (Wildman–Crippen LogP) is 2.76. The first kappa shape index (κ1) is 16.5. The van der Waals surface area contributed by atoms with Crippen LogP contribution in [-0.2, 0) is 12.8 Å². The Labute approximate surface area is 125 Å². The zero-order chi connectivity index (χ0) is 13.1. The average molecular weight is 303 g/mol. The summed E-state index contributed by atoms with van der Waals surface area (Å²) in [6.07, 6.45) is 4.44. The summed E-state index contributed by atoms with van der Waals surface area (Å²) in [5.74, 6) is 0.595. The van der Waals surface area contributed by atoms with Gasteiger partial charge in [0.05, 0.1) is 4.88 Å². The second-order valence-corrected chi connectivity index (χ2v) is 6.59. The van der Waals surface area contributed by atoms with Crippen molar-refractivity contribution in [2.45, 2.75) is 45.6 Å². The van der Waals surface area contributed by atoms with Gasteiger partial charge in [-0.25, -0.2) is 0 Å². The Bertz CT molecular complexity index is 410. The lowest BCUT2D eigenvalue weighted by Crippen LogP contribution is -2.40. The number of nitrogens with two attached hydrogens (primary N) is 1. The van der Waals surface area contributed by atoms with Gasteiger partial charge in [-0.3, -0.25) is 4.79 Å². The van der Waals surface area contributed by atoms with Gasteiger partial charge in [-0.1, -0.05) is 13.8 Å². The summed E-state index contributed by atoms with van der Waals surface area (Å²) < 4.78 is 0. The first-order chi connectivity index (χ1) is 8.60. The molecule has 3 nitrogen and oxygen atoms in total. The highest BCUT2D eigenvalue weighted by atomic mass is 35.5. The van der Waals surface area contributed by atoms with Crippen molar-refractivity contribution in [1.82, 2.24) is 5.32 Å². The normalized spacial score (nSPS) is 14.9. The summed E-state index contributed by atoms with van der Waals surface area (Å²) in [4.78, 5) is 14.4. The molecule has 0 saturated carbocycles. The molecule has 3 N–H and O–H groups in total. The van der Waals surface area contributed by atoms with Gasteiger partial charge >= 0.3 is 0 Å². The van der Waals surface area contributed by atoms with Gasteiger partial charge in [0.1, 0.15) is 0 Å². The van der Waals surface area contributed by atoms with E-state index in [0.29, 0.717) is 12.5 Å². The Balaban J connectivity index is 0.00000180. The maximum atomic E-state index is 12.1. The Morgan fingerprint density at radius 3 is 2.79 bits per heavy atom. The lowest BCUT2D eigenvalue weighted by Gasteiger charge is -2.18. The Kier molecular flexibility index (Phi) is 6.30. The van der Waals surface area contributed by atoms with Crippen molar-refractivity contribution < 1.29 is 4.79 Å². The van der Waals surface area contributed by atoms with Crippen molar-refractivity contribution in [2.24, 2.45) is 11.7 Å². The largest absolute Gasteiger partial charge is 0.347 e. The van der Waals surface area contributed by atoms with Crippen molar-refractivity contribution in [3.63, 3.8) is 0 Å². The number of carbonyl (C=O) groups is 1. The molecule has 1 heterocycles. The number of rotatable bonds is 5. The summed E-state index contributed by atoms with van der Waals surface area (Å²) in [6, 6.07) is 2.15. The van der Waals surface area contributed by atoms with E-state index in [1.807, 2.05) is 0 Å². The number of amides is 1. The Morgan fingerprint density at radius 1 is 1.47 bits per heavy atom. The van der Waals surface area contributed by atoms with Crippen molar-refractivity contribution in [2.75, 3.05) is 6.54 Å². The number of fused-ring (bicyclic) bond motifs is 1. The van der Waals surface area contributed by atoms with Crippen molar-refractivity contribution >= 4 is 29.7 Å². The number of hydrogen-bond acceptors (Lipinski definition) is 3. The average Bonchev–Trinajstić information content (AvgIpc) is 2.87. The second-order valence-electron chi connectivity index (χ2n) is 5.45. The molecular formula is C14H23ClN2OS. The molecule has 1 atom stereocenters. The molecule has 0 spiro atoms. The van der Waals surface area contributed by atoms with Gasteiger partial charge in [0.15, 0.2) is 0 Å². The minimum Gasteiger partial charge on any atom is -0.347 e. The van der Waals surface area contributed by atoms with E-state index in [1.165, 1.54) is 16.9 Å². The Hall–Kier alpha value is -0.580. The second kappa shape index (κ2) is 7.27. The van der Waals surface area contributed by atoms with Crippen LogP contribution in [0.3, 0.4) is 0 Å². The molecule has 0 aliphatic heterocycles. The number of carbonyl (C=O) groups excluding carboxylic acids is 1. The predicted molar refractivity (Wildman–Crippen MR) is 83.4 cm³/mol. The monoisotopic (exact) mass is 302 g/mol. The third-order valence-electron chi connectivity index (χ3n) is 3.35. The molecule has 2 rings (SSSR count). The number of aryl methyl sites for hydroxylation is 2. The quantitative estimate of drug-likeness (QED) is 0.879. The first-order valence-electron chi connectivity index (χ1n) is 6.72. The highest BCUT2D eigenvalue weighted by molar-refractivity contribution is 7.14. The number of nitrogens with one attached hydrogen (secondary N) is 1. The third-order valence-corrected chi connectivity index (χ3v) is 4.58. The van der Waals surface area contributed by atoms with Gasteiger partial charge in [-0.15, -0.1) is 23.7 Å². The van der Waals surface area contributed by atoms with Crippen LogP contribution in [-0.4, -0.2) is 18.5 Å². The lowest BCUT2D eigenvalue weighted by atomic mass is 10.0. The molecule has 1 aliphatic rings. The fraction of sp³-hybridized carbons (Fsp3) is 0.643. The Morgan fingerprint density at radius 2 is 2.21 bits per heavy atom. The fourth-order valence-electron chi connectivity index (χ4n) is 2.48. The number of halogens is 1.